The summed E-state index contributed by atoms with van der Waals surface area (Å²) in [6.45, 7) is 8.03. The quantitative estimate of drug-likeness (QED) is 0.720. The van der Waals surface area contributed by atoms with Crippen LogP contribution < -0.4 is 4.74 Å². The minimum atomic E-state index is 0.0998. The highest BCUT2D eigenvalue weighted by molar-refractivity contribution is 5.80. The van der Waals surface area contributed by atoms with Gasteiger partial charge in [0.15, 0.2) is 17.3 Å². The second kappa shape index (κ2) is 6.76. The molecule has 0 radical (unpaired) electrons. The largest absolute Gasteiger partial charge is 0.504 e. The molecule has 0 bridgehead atoms. The molecular formula is C17H20N6O2. The summed E-state index contributed by atoms with van der Waals surface area (Å²) in [7, 11) is 0. The molecular weight excluding hydrogens is 320 g/mol. The van der Waals surface area contributed by atoms with Crippen molar-refractivity contribution in [1.29, 1.82) is 0 Å². The molecule has 8 heteroatoms. The third-order valence-corrected chi connectivity index (χ3v) is 3.59. The van der Waals surface area contributed by atoms with Crippen molar-refractivity contribution in [3.05, 3.63) is 47.0 Å². The molecule has 0 aliphatic heterocycles. The maximum atomic E-state index is 9.78. The lowest BCUT2D eigenvalue weighted by Crippen LogP contribution is -2.08. The highest BCUT2D eigenvalue weighted by atomic mass is 16.5. The summed E-state index contributed by atoms with van der Waals surface area (Å²) in [5.41, 5.74) is 2.63. The predicted octanol–water partition coefficient (Wildman–Crippen LogP) is 2.38. The van der Waals surface area contributed by atoms with E-state index in [2.05, 4.69) is 20.4 Å². The van der Waals surface area contributed by atoms with E-state index in [0.29, 0.717) is 24.1 Å². The highest BCUT2D eigenvalue weighted by Crippen LogP contribution is 2.26. The first kappa shape index (κ1) is 16.7. The van der Waals surface area contributed by atoms with E-state index in [4.69, 9.17) is 4.74 Å². The van der Waals surface area contributed by atoms with Crippen LogP contribution in [0.2, 0.25) is 0 Å². The van der Waals surface area contributed by atoms with Gasteiger partial charge in [-0.1, -0.05) is 0 Å². The van der Waals surface area contributed by atoms with Crippen LogP contribution in [0.25, 0.3) is 5.95 Å². The lowest BCUT2D eigenvalue weighted by atomic mass is 10.2. The topological polar surface area (TPSA) is 90.4 Å². The van der Waals surface area contributed by atoms with Crippen molar-refractivity contribution >= 4 is 6.21 Å². The molecule has 0 saturated heterocycles. The third kappa shape index (κ3) is 3.37. The van der Waals surface area contributed by atoms with Gasteiger partial charge in [-0.2, -0.15) is 14.9 Å². The van der Waals surface area contributed by atoms with E-state index < -0.39 is 0 Å². The second-order valence-corrected chi connectivity index (χ2v) is 5.60. The van der Waals surface area contributed by atoms with Crippen LogP contribution >= 0.6 is 0 Å². The number of phenolic OH excluding ortho intramolecular Hbond substituents is 1. The van der Waals surface area contributed by atoms with Crippen molar-refractivity contribution in [3.63, 3.8) is 0 Å². The molecule has 3 rings (SSSR count). The lowest BCUT2D eigenvalue weighted by Gasteiger charge is -2.06. The smallest absolute Gasteiger partial charge is 0.273 e. The van der Waals surface area contributed by atoms with E-state index in [9.17, 15) is 5.11 Å². The number of phenols is 1. The average molecular weight is 340 g/mol. The zero-order valence-electron chi connectivity index (χ0n) is 14.6. The van der Waals surface area contributed by atoms with Crippen molar-refractivity contribution in [2.45, 2.75) is 27.7 Å². The predicted molar refractivity (Wildman–Crippen MR) is 93.6 cm³/mol. The SMILES string of the molecule is CCOc1cc(/C=N\n2c(C)nnc2-n2nc(C)cc2C)ccc1O. The van der Waals surface area contributed by atoms with Gasteiger partial charge in [-0.3, -0.25) is 0 Å². The Morgan fingerprint density at radius 1 is 1.20 bits per heavy atom. The van der Waals surface area contributed by atoms with Crippen LogP contribution in [0, 0.1) is 20.8 Å². The van der Waals surface area contributed by atoms with Crippen molar-refractivity contribution in [2.24, 2.45) is 5.10 Å². The molecule has 0 unspecified atom stereocenters. The van der Waals surface area contributed by atoms with Crippen LogP contribution in [-0.4, -0.2) is 42.6 Å². The van der Waals surface area contributed by atoms with Crippen LogP contribution in [-0.2, 0) is 0 Å². The van der Waals surface area contributed by atoms with E-state index in [0.717, 1.165) is 17.0 Å². The molecule has 25 heavy (non-hydrogen) atoms. The first-order valence-corrected chi connectivity index (χ1v) is 7.95. The molecule has 130 valence electrons. The normalized spacial score (nSPS) is 11.4. The number of benzene rings is 1. The molecule has 8 nitrogen and oxygen atoms in total. The highest BCUT2D eigenvalue weighted by Gasteiger charge is 2.13. The van der Waals surface area contributed by atoms with E-state index >= 15 is 0 Å². The van der Waals surface area contributed by atoms with Gasteiger partial charge in [-0.25, -0.2) is 4.68 Å². The molecule has 1 N–H and O–H groups in total. The van der Waals surface area contributed by atoms with Gasteiger partial charge in [0, 0.05) is 5.69 Å². The Bertz CT molecular complexity index is 925. The fourth-order valence-electron chi connectivity index (χ4n) is 2.45. The number of rotatable bonds is 5. The van der Waals surface area contributed by atoms with E-state index in [1.165, 1.54) is 0 Å². The molecule has 0 amide bonds. The number of aromatic hydroxyl groups is 1. The zero-order valence-corrected chi connectivity index (χ0v) is 14.6. The Balaban J connectivity index is 1.96. The molecule has 3 aromatic rings. The van der Waals surface area contributed by atoms with E-state index in [1.54, 1.807) is 33.8 Å². The molecule has 0 spiro atoms. The fraction of sp³-hybridized carbons (Fsp3) is 0.294. The van der Waals surface area contributed by atoms with Crippen molar-refractivity contribution in [3.8, 4) is 17.4 Å². The summed E-state index contributed by atoms with van der Waals surface area (Å²) < 4.78 is 8.71. The van der Waals surface area contributed by atoms with Crippen LogP contribution in [0.3, 0.4) is 0 Å². The van der Waals surface area contributed by atoms with Gasteiger partial charge in [0.05, 0.1) is 18.5 Å². The Hall–Kier alpha value is -3.16. The standard InChI is InChI=1S/C17H20N6O2/c1-5-25-16-9-14(6-7-15(16)24)10-18-23-13(4)19-20-17(23)22-12(3)8-11(2)21-22/h6-10,24H,5H2,1-4H3/b18-10-. The van der Waals surface area contributed by atoms with Crippen LogP contribution in [0.4, 0.5) is 0 Å². The average Bonchev–Trinajstić information content (AvgIpc) is 3.10. The van der Waals surface area contributed by atoms with E-state index in [1.807, 2.05) is 33.8 Å². The Morgan fingerprint density at radius 3 is 2.68 bits per heavy atom. The van der Waals surface area contributed by atoms with E-state index in [-0.39, 0.29) is 5.75 Å². The minimum absolute atomic E-state index is 0.0998. The molecule has 2 aromatic heterocycles. The van der Waals surface area contributed by atoms with Gasteiger partial charge in [-0.05, 0) is 57.5 Å². The number of hydrogen-bond acceptors (Lipinski definition) is 6. The van der Waals surface area contributed by atoms with Gasteiger partial charge in [0.1, 0.15) is 0 Å². The Kier molecular flexibility index (Phi) is 4.51. The number of nitrogens with zero attached hydrogens (tertiary/aromatic N) is 6. The van der Waals surface area contributed by atoms with Gasteiger partial charge in [0.25, 0.3) is 5.95 Å². The van der Waals surface area contributed by atoms with Gasteiger partial charge < -0.3 is 9.84 Å². The van der Waals surface area contributed by atoms with Crippen molar-refractivity contribution in [1.82, 2.24) is 24.7 Å². The molecule has 0 atom stereocenters. The lowest BCUT2D eigenvalue weighted by molar-refractivity contribution is 0.318. The molecule has 0 saturated carbocycles. The monoisotopic (exact) mass is 340 g/mol. The van der Waals surface area contributed by atoms with Crippen LogP contribution in [0.15, 0.2) is 29.4 Å². The fourth-order valence-corrected chi connectivity index (χ4v) is 2.45. The molecule has 2 heterocycles. The zero-order chi connectivity index (χ0) is 18.0. The van der Waals surface area contributed by atoms with Gasteiger partial charge in [0.2, 0.25) is 0 Å². The van der Waals surface area contributed by atoms with Gasteiger partial charge >= 0.3 is 0 Å². The summed E-state index contributed by atoms with van der Waals surface area (Å²) in [5, 5.41) is 26.9. The summed E-state index contributed by atoms with van der Waals surface area (Å²) in [6, 6.07) is 7.02. The molecule has 0 aliphatic carbocycles. The second-order valence-electron chi connectivity index (χ2n) is 5.60. The molecule has 0 fully saturated rings. The molecule has 0 aliphatic rings. The summed E-state index contributed by atoms with van der Waals surface area (Å²) in [5.74, 6) is 1.68. The number of aryl methyl sites for hydroxylation is 3. The maximum absolute atomic E-state index is 9.78. The first-order valence-electron chi connectivity index (χ1n) is 7.95. The number of ether oxygens (including phenoxy) is 1. The third-order valence-electron chi connectivity index (χ3n) is 3.59. The summed E-state index contributed by atoms with van der Waals surface area (Å²) in [4.78, 5) is 0. The summed E-state index contributed by atoms with van der Waals surface area (Å²) >= 11 is 0. The van der Waals surface area contributed by atoms with Crippen molar-refractivity contribution < 1.29 is 9.84 Å². The molecule has 1 aromatic carbocycles. The maximum Gasteiger partial charge on any atom is 0.273 e. The van der Waals surface area contributed by atoms with Crippen LogP contribution in [0.1, 0.15) is 29.7 Å². The van der Waals surface area contributed by atoms with Crippen LogP contribution in [0.5, 0.6) is 11.5 Å². The van der Waals surface area contributed by atoms with Gasteiger partial charge in [-0.15, -0.1) is 10.2 Å². The number of hydrogen-bond donors (Lipinski definition) is 1. The first-order chi connectivity index (χ1) is 12.0. The summed E-state index contributed by atoms with van der Waals surface area (Å²) in [6.07, 6.45) is 1.66. The van der Waals surface area contributed by atoms with Crippen molar-refractivity contribution in [2.75, 3.05) is 6.61 Å². The number of aromatic nitrogens is 5. The Morgan fingerprint density at radius 2 is 2.00 bits per heavy atom. The minimum Gasteiger partial charge on any atom is -0.504 e. The Labute approximate surface area is 145 Å².